The number of nitrogens with zero attached hydrogens (tertiary/aromatic N) is 3. The molecule has 1 N–H and O–H groups in total. The molecule has 0 atom stereocenters. The predicted molar refractivity (Wildman–Crippen MR) is 102 cm³/mol. The Balaban J connectivity index is 2.06. The van der Waals surface area contributed by atoms with Crippen molar-refractivity contribution in [3.05, 3.63) is 68.4 Å². The molecule has 7 heteroatoms. The Hall–Kier alpha value is -1.95. The van der Waals surface area contributed by atoms with Crippen LogP contribution in [0.25, 0.3) is 11.4 Å². The highest BCUT2D eigenvalue weighted by molar-refractivity contribution is 7.71. The lowest BCUT2D eigenvalue weighted by molar-refractivity contribution is 0.864. The third-order valence-corrected chi connectivity index (χ3v) is 4.55. The van der Waals surface area contributed by atoms with E-state index in [1.807, 2.05) is 44.2 Å². The number of halogens is 2. The predicted octanol–water partition coefficient (Wildman–Crippen LogP) is 5.50. The summed E-state index contributed by atoms with van der Waals surface area (Å²) in [5, 5.41) is 12.7. The van der Waals surface area contributed by atoms with E-state index in [2.05, 4.69) is 15.3 Å². The van der Waals surface area contributed by atoms with E-state index in [0.29, 0.717) is 20.6 Å². The number of nitrogens with one attached hydrogen (secondary N) is 1. The molecule has 3 rings (SSSR count). The summed E-state index contributed by atoms with van der Waals surface area (Å²) in [5.74, 6) is 0.652. The van der Waals surface area contributed by atoms with Gasteiger partial charge in [0.2, 0.25) is 4.77 Å². The molecule has 0 amide bonds. The van der Waals surface area contributed by atoms with Gasteiger partial charge in [0.05, 0.1) is 15.8 Å². The van der Waals surface area contributed by atoms with Gasteiger partial charge < -0.3 is 0 Å². The number of hydrogen-bond acceptors (Lipinski definition) is 3. The van der Waals surface area contributed by atoms with Gasteiger partial charge in [0.1, 0.15) is 0 Å². The number of benzene rings is 2. The van der Waals surface area contributed by atoms with Gasteiger partial charge >= 0.3 is 0 Å². The molecule has 1 heterocycles. The van der Waals surface area contributed by atoms with Crippen LogP contribution in [0.3, 0.4) is 0 Å². The van der Waals surface area contributed by atoms with E-state index in [1.54, 1.807) is 16.8 Å². The van der Waals surface area contributed by atoms with Gasteiger partial charge in [-0.3, -0.25) is 0 Å². The van der Waals surface area contributed by atoms with Gasteiger partial charge in [-0.05, 0) is 43.8 Å². The van der Waals surface area contributed by atoms with Crippen molar-refractivity contribution in [3.63, 3.8) is 0 Å². The maximum Gasteiger partial charge on any atom is 0.216 e. The molecule has 0 fully saturated rings. The number of aryl methyl sites for hydroxylation is 1. The van der Waals surface area contributed by atoms with Crippen molar-refractivity contribution in [3.8, 4) is 11.4 Å². The van der Waals surface area contributed by atoms with E-state index < -0.39 is 0 Å². The second-order valence-electron chi connectivity index (χ2n) is 5.34. The lowest BCUT2D eigenvalue weighted by Gasteiger charge is -2.05. The fourth-order valence-corrected chi connectivity index (χ4v) is 2.67. The van der Waals surface area contributed by atoms with Crippen LogP contribution in [-0.2, 0) is 0 Å². The van der Waals surface area contributed by atoms with Crippen LogP contribution < -0.4 is 0 Å². The number of aromatic nitrogens is 3. The molecule has 122 valence electrons. The zero-order valence-corrected chi connectivity index (χ0v) is 15.4. The third kappa shape index (κ3) is 3.43. The van der Waals surface area contributed by atoms with Crippen molar-refractivity contribution in [2.24, 2.45) is 5.10 Å². The molecule has 0 saturated heterocycles. The number of H-pyrrole nitrogens is 1. The normalized spacial score (nSPS) is 11.8. The van der Waals surface area contributed by atoms with Crippen LogP contribution in [0.1, 0.15) is 18.1 Å². The maximum atomic E-state index is 6.08. The molecular weight excluding hydrogens is 363 g/mol. The van der Waals surface area contributed by atoms with Crippen LogP contribution in [0, 0.1) is 11.7 Å². The maximum absolute atomic E-state index is 6.08. The molecule has 24 heavy (non-hydrogen) atoms. The van der Waals surface area contributed by atoms with Crippen molar-refractivity contribution in [2.45, 2.75) is 13.8 Å². The topological polar surface area (TPSA) is 46.0 Å². The summed E-state index contributed by atoms with van der Waals surface area (Å²) in [7, 11) is 0. The monoisotopic (exact) mass is 376 g/mol. The minimum absolute atomic E-state index is 0.421. The van der Waals surface area contributed by atoms with Crippen molar-refractivity contribution in [1.29, 1.82) is 0 Å². The van der Waals surface area contributed by atoms with Crippen LogP contribution in [0.15, 0.2) is 47.6 Å². The van der Waals surface area contributed by atoms with Crippen LogP contribution in [0.5, 0.6) is 0 Å². The SMILES string of the molecule is CC(=Nn1c(-c2ccc(C)cc2)n[nH]c1=S)c1ccc(Cl)c(Cl)c1. The van der Waals surface area contributed by atoms with Crippen LogP contribution in [0.2, 0.25) is 10.0 Å². The first kappa shape index (κ1) is 16.9. The lowest BCUT2D eigenvalue weighted by atomic mass is 10.1. The van der Waals surface area contributed by atoms with Gasteiger partial charge in [0.25, 0.3) is 0 Å². The molecule has 0 spiro atoms. The van der Waals surface area contributed by atoms with Crippen LogP contribution >= 0.6 is 35.4 Å². The molecule has 0 aliphatic heterocycles. The number of hydrogen-bond donors (Lipinski definition) is 1. The molecule has 3 aromatic rings. The Morgan fingerprint density at radius 3 is 2.50 bits per heavy atom. The Kier molecular flexibility index (Phi) is 4.85. The Morgan fingerprint density at radius 1 is 1.12 bits per heavy atom. The zero-order valence-electron chi connectivity index (χ0n) is 13.0. The molecule has 2 aromatic carbocycles. The molecule has 0 saturated carbocycles. The van der Waals surface area contributed by atoms with Crippen molar-refractivity contribution < 1.29 is 0 Å². The Labute approximate surface area is 154 Å². The summed E-state index contributed by atoms with van der Waals surface area (Å²) in [6.07, 6.45) is 0. The fourth-order valence-electron chi connectivity index (χ4n) is 2.20. The number of rotatable bonds is 3. The summed E-state index contributed by atoms with van der Waals surface area (Å²) in [5.41, 5.74) is 3.72. The van der Waals surface area contributed by atoms with E-state index in [0.717, 1.165) is 16.8 Å². The number of aromatic amines is 1. The average Bonchev–Trinajstić information content (AvgIpc) is 2.92. The third-order valence-electron chi connectivity index (χ3n) is 3.55. The lowest BCUT2D eigenvalue weighted by Crippen LogP contribution is -2.01. The summed E-state index contributed by atoms with van der Waals surface area (Å²) >= 11 is 17.3. The molecule has 0 aliphatic rings. The standard InChI is InChI=1S/C17H14Cl2N4S/c1-10-3-5-12(6-4-10)16-20-21-17(24)23(16)22-11(2)13-7-8-14(18)15(19)9-13/h3-9H,1-2H3,(H,21,24). The second kappa shape index (κ2) is 6.89. The van der Waals surface area contributed by atoms with E-state index in [-0.39, 0.29) is 0 Å². The second-order valence-corrected chi connectivity index (χ2v) is 6.55. The fraction of sp³-hybridized carbons (Fsp3) is 0.118. The first-order valence-electron chi connectivity index (χ1n) is 7.21. The molecule has 0 unspecified atom stereocenters. The summed E-state index contributed by atoms with van der Waals surface area (Å²) in [4.78, 5) is 0. The highest BCUT2D eigenvalue weighted by Gasteiger charge is 2.10. The molecule has 0 aliphatic carbocycles. The van der Waals surface area contributed by atoms with Crippen molar-refractivity contribution in [1.82, 2.24) is 14.9 Å². The minimum Gasteiger partial charge on any atom is -0.250 e. The molecular formula is C17H14Cl2N4S. The molecule has 4 nitrogen and oxygen atoms in total. The smallest absolute Gasteiger partial charge is 0.216 e. The van der Waals surface area contributed by atoms with Crippen LogP contribution in [0.4, 0.5) is 0 Å². The molecule has 0 radical (unpaired) electrons. The first-order valence-corrected chi connectivity index (χ1v) is 8.37. The van der Waals surface area contributed by atoms with E-state index in [4.69, 9.17) is 35.4 Å². The van der Waals surface area contributed by atoms with E-state index >= 15 is 0 Å². The van der Waals surface area contributed by atoms with Gasteiger partial charge in [-0.25, -0.2) is 5.10 Å². The van der Waals surface area contributed by atoms with E-state index in [9.17, 15) is 0 Å². The average molecular weight is 377 g/mol. The van der Waals surface area contributed by atoms with Gasteiger partial charge in [-0.1, -0.05) is 59.1 Å². The largest absolute Gasteiger partial charge is 0.250 e. The summed E-state index contributed by atoms with van der Waals surface area (Å²) in [6, 6.07) is 13.4. The first-order chi connectivity index (χ1) is 11.5. The highest BCUT2D eigenvalue weighted by atomic mass is 35.5. The Morgan fingerprint density at radius 2 is 1.83 bits per heavy atom. The van der Waals surface area contributed by atoms with Crippen LogP contribution in [-0.4, -0.2) is 20.6 Å². The molecule has 1 aromatic heterocycles. The highest BCUT2D eigenvalue weighted by Crippen LogP contribution is 2.23. The van der Waals surface area contributed by atoms with Crippen molar-refractivity contribution in [2.75, 3.05) is 0 Å². The van der Waals surface area contributed by atoms with Gasteiger partial charge in [0, 0.05) is 5.56 Å². The zero-order chi connectivity index (χ0) is 17.3. The minimum atomic E-state index is 0.421. The molecule has 0 bridgehead atoms. The van der Waals surface area contributed by atoms with E-state index in [1.165, 1.54) is 5.56 Å². The van der Waals surface area contributed by atoms with Gasteiger partial charge in [-0.15, -0.1) is 0 Å². The van der Waals surface area contributed by atoms with Gasteiger partial charge in [-0.2, -0.15) is 14.9 Å². The Bertz CT molecular complexity index is 971. The summed E-state index contributed by atoms with van der Waals surface area (Å²) < 4.78 is 2.03. The van der Waals surface area contributed by atoms with Crippen molar-refractivity contribution >= 4 is 41.1 Å². The summed E-state index contributed by atoms with van der Waals surface area (Å²) in [6.45, 7) is 3.92. The van der Waals surface area contributed by atoms with Gasteiger partial charge in [0.15, 0.2) is 5.82 Å². The quantitative estimate of drug-likeness (QED) is 0.484.